The van der Waals surface area contributed by atoms with Gasteiger partial charge in [0.2, 0.25) is 5.95 Å². The number of alkyl halides is 3. The Morgan fingerprint density at radius 3 is 2.26 bits per heavy atom. The zero-order valence-electron chi connectivity index (χ0n) is 17.1. The van der Waals surface area contributed by atoms with Crippen LogP contribution in [0.5, 0.6) is 5.75 Å². The SMILES string of the molecule is CC(C)(C)Oc1ccc(Nc2ncc(C(F)(F)F)c(Nc3ccccc3C#N)n2)cc1. The van der Waals surface area contributed by atoms with E-state index in [0.717, 1.165) is 0 Å². The number of nitrogens with one attached hydrogen (secondary N) is 2. The van der Waals surface area contributed by atoms with Crippen molar-refractivity contribution in [3.8, 4) is 11.8 Å². The lowest BCUT2D eigenvalue weighted by atomic mass is 10.2. The zero-order chi connectivity index (χ0) is 22.6. The molecule has 1 heterocycles. The summed E-state index contributed by atoms with van der Waals surface area (Å²) in [6.07, 6.45) is -3.97. The van der Waals surface area contributed by atoms with Crippen LogP contribution >= 0.6 is 0 Å². The highest BCUT2D eigenvalue weighted by Crippen LogP contribution is 2.36. The predicted molar refractivity (Wildman–Crippen MR) is 112 cm³/mol. The van der Waals surface area contributed by atoms with Crippen molar-refractivity contribution in [1.82, 2.24) is 9.97 Å². The van der Waals surface area contributed by atoms with Crippen LogP contribution in [0, 0.1) is 11.3 Å². The molecule has 0 amide bonds. The summed E-state index contributed by atoms with van der Waals surface area (Å²) in [6.45, 7) is 5.77. The van der Waals surface area contributed by atoms with Crippen molar-refractivity contribution in [3.63, 3.8) is 0 Å². The standard InChI is InChI=1S/C22H20F3N5O/c1-21(2,3)31-16-10-8-15(9-11-16)28-20-27-13-17(22(23,24)25)19(30-20)29-18-7-5-4-6-14(18)12-26/h4-11,13H,1-3H3,(H2,27,28,29,30). The van der Waals surface area contributed by atoms with Gasteiger partial charge in [0.05, 0.1) is 11.3 Å². The Bertz CT molecular complexity index is 1100. The van der Waals surface area contributed by atoms with E-state index < -0.39 is 17.6 Å². The second kappa shape index (κ2) is 8.52. The quantitative estimate of drug-likeness (QED) is 0.517. The molecule has 0 aliphatic heterocycles. The number of para-hydroxylation sites is 1. The van der Waals surface area contributed by atoms with E-state index >= 15 is 0 Å². The van der Waals surface area contributed by atoms with Crippen molar-refractivity contribution in [2.45, 2.75) is 32.5 Å². The van der Waals surface area contributed by atoms with Crippen molar-refractivity contribution < 1.29 is 17.9 Å². The van der Waals surface area contributed by atoms with E-state index in [1.807, 2.05) is 26.8 Å². The minimum absolute atomic E-state index is 0.0329. The average molecular weight is 427 g/mol. The molecule has 0 atom stereocenters. The third-order valence-corrected chi connectivity index (χ3v) is 3.93. The largest absolute Gasteiger partial charge is 0.488 e. The Morgan fingerprint density at radius 2 is 1.65 bits per heavy atom. The fourth-order valence-corrected chi connectivity index (χ4v) is 2.65. The topological polar surface area (TPSA) is 82.9 Å². The summed E-state index contributed by atoms with van der Waals surface area (Å²) in [4.78, 5) is 7.78. The Morgan fingerprint density at radius 1 is 0.968 bits per heavy atom. The van der Waals surface area contributed by atoms with Gasteiger partial charge in [0.25, 0.3) is 0 Å². The first kappa shape index (κ1) is 21.9. The molecule has 2 aromatic carbocycles. The van der Waals surface area contributed by atoms with Crippen molar-refractivity contribution in [3.05, 3.63) is 65.9 Å². The smallest absolute Gasteiger partial charge is 0.421 e. The molecule has 31 heavy (non-hydrogen) atoms. The maximum Gasteiger partial charge on any atom is 0.421 e. The summed E-state index contributed by atoms with van der Waals surface area (Å²) in [5.41, 5.74) is -0.419. The van der Waals surface area contributed by atoms with Crippen molar-refractivity contribution in [2.75, 3.05) is 10.6 Å². The molecule has 0 saturated carbocycles. The van der Waals surface area contributed by atoms with Crippen LogP contribution in [0.25, 0.3) is 0 Å². The minimum Gasteiger partial charge on any atom is -0.488 e. The van der Waals surface area contributed by atoms with Gasteiger partial charge in [-0.15, -0.1) is 0 Å². The highest BCUT2D eigenvalue weighted by molar-refractivity contribution is 5.67. The Kier molecular flexibility index (Phi) is 6.02. The number of hydrogen-bond donors (Lipinski definition) is 2. The normalized spacial score (nSPS) is 11.5. The molecule has 0 unspecified atom stereocenters. The fraction of sp³-hybridized carbons (Fsp3) is 0.227. The molecule has 0 aliphatic carbocycles. The molecule has 2 N–H and O–H groups in total. The summed E-state index contributed by atoms with van der Waals surface area (Å²) in [5, 5.41) is 14.7. The van der Waals surface area contributed by atoms with Gasteiger partial charge < -0.3 is 15.4 Å². The van der Waals surface area contributed by atoms with Gasteiger partial charge in [0.15, 0.2) is 0 Å². The molecule has 0 aliphatic rings. The first-order valence-corrected chi connectivity index (χ1v) is 9.32. The van der Waals surface area contributed by atoms with Crippen LogP contribution in [0.2, 0.25) is 0 Å². The van der Waals surface area contributed by atoms with Gasteiger partial charge in [0, 0.05) is 11.9 Å². The number of hydrogen-bond acceptors (Lipinski definition) is 6. The third-order valence-electron chi connectivity index (χ3n) is 3.93. The predicted octanol–water partition coefficient (Wildman–Crippen LogP) is 6.03. The van der Waals surface area contributed by atoms with Gasteiger partial charge in [-0.05, 0) is 57.2 Å². The number of benzene rings is 2. The van der Waals surface area contributed by atoms with Crippen molar-refractivity contribution in [2.24, 2.45) is 0 Å². The van der Waals surface area contributed by atoms with E-state index in [2.05, 4.69) is 20.6 Å². The van der Waals surface area contributed by atoms with Gasteiger partial charge in [-0.25, -0.2) is 4.98 Å². The molecule has 0 radical (unpaired) electrons. The molecular formula is C22H20F3N5O. The summed E-state index contributed by atoms with van der Waals surface area (Å²) < 4.78 is 46.1. The number of nitriles is 1. The van der Waals surface area contributed by atoms with Crippen LogP contribution in [-0.4, -0.2) is 15.6 Å². The van der Waals surface area contributed by atoms with Gasteiger partial charge in [-0.1, -0.05) is 12.1 Å². The van der Waals surface area contributed by atoms with Crippen LogP contribution < -0.4 is 15.4 Å². The molecule has 0 bridgehead atoms. The average Bonchev–Trinajstić information content (AvgIpc) is 2.68. The van der Waals surface area contributed by atoms with Crippen molar-refractivity contribution in [1.29, 1.82) is 5.26 Å². The van der Waals surface area contributed by atoms with Gasteiger partial charge in [0.1, 0.15) is 28.8 Å². The van der Waals surface area contributed by atoms with E-state index in [1.54, 1.807) is 36.4 Å². The molecule has 0 saturated heterocycles. The highest BCUT2D eigenvalue weighted by atomic mass is 19.4. The Balaban J connectivity index is 1.89. The van der Waals surface area contributed by atoms with E-state index in [1.165, 1.54) is 12.1 Å². The monoisotopic (exact) mass is 427 g/mol. The minimum atomic E-state index is -4.67. The number of ether oxygens (including phenoxy) is 1. The fourth-order valence-electron chi connectivity index (χ4n) is 2.65. The molecule has 9 heteroatoms. The number of halogens is 3. The summed E-state index contributed by atoms with van der Waals surface area (Å²) in [6, 6.07) is 15.1. The highest BCUT2D eigenvalue weighted by Gasteiger charge is 2.35. The number of anilines is 4. The third kappa shape index (κ3) is 5.85. The van der Waals surface area contributed by atoms with E-state index in [4.69, 9.17) is 4.74 Å². The molecule has 160 valence electrons. The van der Waals surface area contributed by atoms with Crippen LogP contribution in [-0.2, 0) is 6.18 Å². The van der Waals surface area contributed by atoms with Gasteiger partial charge in [-0.3, -0.25) is 0 Å². The molecule has 6 nitrogen and oxygen atoms in total. The van der Waals surface area contributed by atoms with Crippen LogP contribution in [0.4, 0.5) is 36.3 Å². The molecule has 1 aromatic heterocycles. The van der Waals surface area contributed by atoms with Gasteiger partial charge >= 0.3 is 6.18 Å². The first-order valence-electron chi connectivity index (χ1n) is 9.32. The number of rotatable bonds is 5. The Hall–Kier alpha value is -3.80. The number of nitrogens with zero attached hydrogens (tertiary/aromatic N) is 3. The summed E-state index contributed by atoms with van der Waals surface area (Å²) in [7, 11) is 0. The van der Waals surface area contributed by atoms with Crippen LogP contribution in [0.3, 0.4) is 0 Å². The first-order chi connectivity index (χ1) is 14.5. The maximum atomic E-state index is 13.5. The van der Waals surface area contributed by atoms with Crippen LogP contribution in [0.15, 0.2) is 54.7 Å². The molecule has 3 rings (SSSR count). The number of aromatic nitrogens is 2. The summed E-state index contributed by atoms with van der Waals surface area (Å²) >= 11 is 0. The lowest BCUT2D eigenvalue weighted by molar-refractivity contribution is -0.137. The van der Waals surface area contributed by atoms with Crippen molar-refractivity contribution >= 4 is 23.1 Å². The molecule has 0 fully saturated rings. The van der Waals surface area contributed by atoms with E-state index in [-0.39, 0.29) is 22.8 Å². The zero-order valence-corrected chi connectivity index (χ0v) is 17.1. The van der Waals surface area contributed by atoms with Crippen LogP contribution in [0.1, 0.15) is 31.9 Å². The summed E-state index contributed by atoms with van der Waals surface area (Å²) in [5.74, 6) is 0.164. The van der Waals surface area contributed by atoms with E-state index in [9.17, 15) is 18.4 Å². The Labute approximate surface area is 177 Å². The molecular weight excluding hydrogens is 407 g/mol. The molecule has 3 aromatic rings. The second-order valence-corrected chi connectivity index (χ2v) is 7.60. The maximum absolute atomic E-state index is 13.5. The lowest BCUT2D eigenvalue weighted by Crippen LogP contribution is -2.22. The second-order valence-electron chi connectivity index (χ2n) is 7.60. The lowest BCUT2D eigenvalue weighted by Gasteiger charge is -2.21. The van der Waals surface area contributed by atoms with Gasteiger partial charge in [-0.2, -0.15) is 23.4 Å². The van der Waals surface area contributed by atoms with E-state index in [0.29, 0.717) is 17.6 Å². The molecule has 0 spiro atoms.